The van der Waals surface area contributed by atoms with E-state index in [1.165, 1.54) is 0 Å². The fourth-order valence-corrected chi connectivity index (χ4v) is 2.44. The van der Waals surface area contributed by atoms with Crippen molar-refractivity contribution in [3.63, 3.8) is 0 Å². The summed E-state index contributed by atoms with van der Waals surface area (Å²) in [6, 6.07) is 6.77. The summed E-state index contributed by atoms with van der Waals surface area (Å²) in [7, 11) is -1.50. The molecule has 1 rings (SSSR count). The number of amides is 1. The monoisotopic (exact) mass is 314 g/mol. The first-order valence-electron chi connectivity index (χ1n) is 6.66. The van der Waals surface area contributed by atoms with E-state index in [0.717, 1.165) is 17.6 Å². The van der Waals surface area contributed by atoms with Gasteiger partial charge in [-0.3, -0.25) is 4.79 Å². The highest BCUT2D eigenvalue weighted by molar-refractivity contribution is 7.90. The number of ether oxygens (including phenoxy) is 1. The maximum absolute atomic E-state index is 11.7. The minimum absolute atomic E-state index is 0.0858. The first kappa shape index (κ1) is 17.5. The van der Waals surface area contributed by atoms with Gasteiger partial charge in [0.25, 0.3) is 0 Å². The SMILES string of the molecule is COc1cccc(CCNC(=O)C(N)CCS(C)(=O)=O)c1. The molecule has 1 unspecified atom stereocenters. The van der Waals surface area contributed by atoms with Crippen LogP contribution in [0.3, 0.4) is 0 Å². The Bertz CT molecular complexity index is 572. The lowest BCUT2D eigenvalue weighted by molar-refractivity contribution is -0.122. The van der Waals surface area contributed by atoms with E-state index in [1.54, 1.807) is 7.11 Å². The van der Waals surface area contributed by atoms with Gasteiger partial charge in [0.1, 0.15) is 15.6 Å². The summed E-state index contributed by atoms with van der Waals surface area (Å²) in [4.78, 5) is 11.7. The average Bonchev–Trinajstić information content (AvgIpc) is 2.44. The molecule has 1 amide bonds. The zero-order chi connectivity index (χ0) is 15.9. The van der Waals surface area contributed by atoms with Crippen molar-refractivity contribution in [2.24, 2.45) is 5.73 Å². The average molecular weight is 314 g/mol. The van der Waals surface area contributed by atoms with Crippen LogP contribution in [0.2, 0.25) is 0 Å². The molecule has 0 saturated carbocycles. The third-order valence-electron chi connectivity index (χ3n) is 2.98. The van der Waals surface area contributed by atoms with Crippen LogP contribution in [-0.4, -0.2) is 46.0 Å². The van der Waals surface area contributed by atoms with Gasteiger partial charge < -0.3 is 15.8 Å². The lowest BCUT2D eigenvalue weighted by Crippen LogP contribution is -2.42. The van der Waals surface area contributed by atoms with Gasteiger partial charge in [-0.05, 0) is 30.5 Å². The van der Waals surface area contributed by atoms with Crippen molar-refractivity contribution in [2.45, 2.75) is 18.9 Å². The van der Waals surface area contributed by atoms with E-state index in [-0.39, 0.29) is 18.1 Å². The molecule has 0 radical (unpaired) electrons. The zero-order valence-electron chi connectivity index (χ0n) is 12.3. The normalized spacial score (nSPS) is 12.7. The van der Waals surface area contributed by atoms with Crippen LogP contribution < -0.4 is 15.8 Å². The van der Waals surface area contributed by atoms with Crippen LogP contribution in [0, 0.1) is 0 Å². The van der Waals surface area contributed by atoms with Crippen LogP contribution in [0.1, 0.15) is 12.0 Å². The number of nitrogens with one attached hydrogen (secondary N) is 1. The first-order chi connectivity index (χ1) is 9.81. The van der Waals surface area contributed by atoms with Gasteiger partial charge in [-0.25, -0.2) is 8.42 Å². The maximum Gasteiger partial charge on any atom is 0.236 e. The molecule has 21 heavy (non-hydrogen) atoms. The summed E-state index contributed by atoms with van der Waals surface area (Å²) in [6.45, 7) is 0.443. The van der Waals surface area contributed by atoms with E-state index >= 15 is 0 Å². The topological polar surface area (TPSA) is 98.5 Å². The number of methoxy groups -OCH3 is 1. The molecular formula is C14H22N2O4S. The molecule has 118 valence electrons. The van der Waals surface area contributed by atoms with Crippen molar-refractivity contribution in [3.8, 4) is 5.75 Å². The minimum Gasteiger partial charge on any atom is -0.497 e. The molecule has 0 bridgehead atoms. The minimum atomic E-state index is -3.10. The van der Waals surface area contributed by atoms with E-state index in [2.05, 4.69) is 5.32 Å². The molecule has 1 aromatic carbocycles. The van der Waals surface area contributed by atoms with Gasteiger partial charge in [0.15, 0.2) is 0 Å². The molecule has 1 aromatic rings. The number of hydrogen-bond acceptors (Lipinski definition) is 5. The standard InChI is InChI=1S/C14H22N2O4S/c1-20-12-5-3-4-11(10-12)6-8-16-14(17)13(15)7-9-21(2,18)19/h3-5,10,13H,6-9,15H2,1-2H3,(H,16,17). The molecule has 0 aliphatic carbocycles. The first-order valence-corrected chi connectivity index (χ1v) is 8.72. The lowest BCUT2D eigenvalue weighted by Gasteiger charge is -2.12. The van der Waals surface area contributed by atoms with Gasteiger partial charge in [-0.1, -0.05) is 12.1 Å². The molecule has 0 aliphatic rings. The summed E-state index contributed by atoms with van der Waals surface area (Å²) in [6.07, 6.45) is 1.91. The van der Waals surface area contributed by atoms with Crippen molar-refractivity contribution in [2.75, 3.05) is 25.7 Å². The van der Waals surface area contributed by atoms with Crippen molar-refractivity contribution in [3.05, 3.63) is 29.8 Å². The van der Waals surface area contributed by atoms with Crippen LogP contribution in [-0.2, 0) is 21.1 Å². The molecule has 6 nitrogen and oxygen atoms in total. The third kappa shape index (κ3) is 7.10. The van der Waals surface area contributed by atoms with E-state index in [0.29, 0.717) is 13.0 Å². The third-order valence-corrected chi connectivity index (χ3v) is 3.96. The molecule has 0 fully saturated rings. The van der Waals surface area contributed by atoms with Crippen LogP contribution in [0.15, 0.2) is 24.3 Å². The predicted molar refractivity (Wildman–Crippen MR) is 82.0 cm³/mol. The van der Waals surface area contributed by atoms with Crippen LogP contribution in [0.25, 0.3) is 0 Å². The van der Waals surface area contributed by atoms with Crippen molar-refractivity contribution in [1.29, 1.82) is 0 Å². The fourth-order valence-electron chi connectivity index (χ4n) is 1.76. The highest BCUT2D eigenvalue weighted by Crippen LogP contribution is 2.12. The Morgan fingerprint density at radius 2 is 2.14 bits per heavy atom. The second kappa shape index (κ2) is 7.99. The molecular weight excluding hydrogens is 292 g/mol. The molecule has 0 aromatic heterocycles. The summed E-state index contributed by atoms with van der Waals surface area (Å²) in [5, 5.41) is 2.71. The van der Waals surface area contributed by atoms with Gasteiger partial charge in [0.2, 0.25) is 5.91 Å². The van der Waals surface area contributed by atoms with Crippen molar-refractivity contribution < 1.29 is 17.9 Å². The van der Waals surface area contributed by atoms with Crippen LogP contribution in [0.4, 0.5) is 0 Å². The number of carbonyl (C=O) groups is 1. The smallest absolute Gasteiger partial charge is 0.236 e. The Balaban J connectivity index is 2.35. The Hall–Kier alpha value is -1.60. The fraction of sp³-hybridized carbons (Fsp3) is 0.500. The Kier molecular flexibility index (Phi) is 6.64. The van der Waals surface area contributed by atoms with Gasteiger partial charge in [0, 0.05) is 12.8 Å². The highest BCUT2D eigenvalue weighted by Gasteiger charge is 2.15. The largest absolute Gasteiger partial charge is 0.497 e. The van der Waals surface area contributed by atoms with Crippen molar-refractivity contribution >= 4 is 15.7 Å². The Morgan fingerprint density at radius 3 is 2.76 bits per heavy atom. The molecule has 0 spiro atoms. The molecule has 0 heterocycles. The molecule has 0 aliphatic heterocycles. The number of rotatable bonds is 8. The number of hydrogen-bond donors (Lipinski definition) is 2. The van der Waals surface area contributed by atoms with Crippen molar-refractivity contribution in [1.82, 2.24) is 5.32 Å². The van der Waals surface area contributed by atoms with Crippen LogP contribution in [0.5, 0.6) is 5.75 Å². The molecule has 0 saturated heterocycles. The Labute approximate surface area is 125 Å². The number of benzene rings is 1. The quantitative estimate of drug-likeness (QED) is 0.710. The number of nitrogens with two attached hydrogens (primary N) is 1. The summed E-state index contributed by atoms with van der Waals surface area (Å²) >= 11 is 0. The van der Waals surface area contributed by atoms with Gasteiger partial charge in [0.05, 0.1) is 18.9 Å². The van der Waals surface area contributed by atoms with E-state index in [9.17, 15) is 13.2 Å². The van der Waals surface area contributed by atoms with E-state index in [1.807, 2.05) is 24.3 Å². The number of sulfone groups is 1. The molecule has 1 atom stereocenters. The summed E-state index contributed by atoms with van der Waals surface area (Å²) in [5.41, 5.74) is 6.69. The molecule has 7 heteroatoms. The van der Waals surface area contributed by atoms with Gasteiger partial charge >= 0.3 is 0 Å². The second-order valence-electron chi connectivity index (χ2n) is 4.92. The van der Waals surface area contributed by atoms with Gasteiger partial charge in [-0.2, -0.15) is 0 Å². The lowest BCUT2D eigenvalue weighted by atomic mass is 10.1. The predicted octanol–water partition coefficient (Wildman–Crippen LogP) is 0.116. The summed E-state index contributed by atoms with van der Waals surface area (Å²) < 4.78 is 27.2. The highest BCUT2D eigenvalue weighted by atomic mass is 32.2. The van der Waals surface area contributed by atoms with E-state index in [4.69, 9.17) is 10.5 Å². The molecule has 3 N–H and O–H groups in total. The summed E-state index contributed by atoms with van der Waals surface area (Å²) in [5.74, 6) is 0.350. The zero-order valence-corrected chi connectivity index (χ0v) is 13.2. The Morgan fingerprint density at radius 1 is 1.43 bits per heavy atom. The van der Waals surface area contributed by atoms with Crippen LogP contribution >= 0.6 is 0 Å². The van der Waals surface area contributed by atoms with E-state index < -0.39 is 15.9 Å². The number of carbonyl (C=O) groups excluding carboxylic acids is 1. The van der Waals surface area contributed by atoms with Gasteiger partial charge in [-0.15, -0.1) is 0 Å². The maximum atomic E-state index is 11.7. The second-order valence-corrected chi connectivity index (χ2v) is 7.18.